The second kappa shape index (κ2) is 8.64. The van der Waals surface area contributed by atoms with Crippen molar-refractivity contribution in [1.29, 1.82) is 0 Å². The predicted molar refractivity (Wildman–Crippen MR) is 84.5 cm³/mol. The topological polar surface area (TPSA) is 110 Å². The van der Waals surface area contributed by atoms with Crippen LogP contribution in [0.1, 0.15) is 31.7 Å². The van der Waals surface area contributed by atoms with Crippen LogP contribution in [0.15, 0.2) is 30.3 Å². The number of carbonyl (C=O) groups excluding carboxylic acids is 2. The quantitative estimate of drug-likeness (QED) is 0.540. The van der Waals surface area contributed by atoms with Crippen LogP contribution >= 0.6 is 0 Å². The van der Waals surface area contributed by atoms with Gasteiger partial charge in [-0.25, -0.2) is 4.79 Å². The monoisotopic (exact) mass is 343 g/mol. The minimum atomic E-state index is -4.44. The second-order valence-electron chi connectivity index (χ2n) is 4.93. The van der Waals surface area contributed by atoms with E-state index in [0.29, 0.717) is 6.42 Å². The third-order valence-electron chi connectivity index (χ3n) is 3.19. The van der Waals surface area contributed by atoms with E-state index in [2.05, 4.69) is 5.32 Å². The Hall–Kier alpha value is -1.93. The fourth-order valence-corrected chi connectivity index (χ4v) is 2.79. The Morgan fingerprint density at radius 3 is 2.30 bits per heavy atom. The van der Waals surface area contributed by atoms with Crippen LogP contribution in [-0.4, -0.2) is 43.2 Å². The molecule has 0 fully saturated rings. The second-order valence-corrected chi connectivity index (χ2v) is 6.43. The molecule has 8 heteroatoms. The smallest absolute Gasteiger partial charge is 0.329 e. The van der Waals surface area contributed by atoms with Gasteiger partial charge < -0.3 is 10.1 Å². The molecule has 2 atom stereocenters. The van der Waals surface area contributed by atoms with Crippen LogP contribution in [0, 0.1) is 0 Å². The van der Waals surface area contributed by atoms with Gasteiger partial charge in [-0.15, -0.1) is 0 Å². The highest BCUT2D eigenvalue weighted by Crippen LogP contribution is 2.19. The molecule has 0 radical (unpaired) electrons. The van der Waals surface area contributed by atoms with Gasteiger partial charge in [0.2, 0.25) is 5.91 Å². The molecule has 1 aromatic rings. The summed E-state index contributed by atoms with van der Waals surface area (Å²) in [7, 11) is -4.44. The van der Waals surface area contributed by atoms with Crippen molar-refractivity contribution in [2.24, 2.45) is 0 Å². The van der Waals surface area contributed by atoms with E-state index in [1.807, 2.05) is 6.07 Å². The van der Waals surface area contributed by atoms with Crippen LogP contribution in [0.25, 0.3) is 0 Å². The SMILES string of the molecule is CCOC(=O)[C@H](CS(=O)(=O)O)NC(=O)C(CC)c1ccccc1. The van der Waals surface area contributed by atoms with Crippen LogP contribution in [0.4, 0.5) is 0 Å². The Bertz CT molecular complexity index is 629. The lowest BCUT2D eigenvalue weighted by Crippen LogP contribution is -2.47. The summed E-state index contributed by atoms with van der Waals surface area (Å²) in [5.74, 6) is -2.86. The van der Waals surface area contributed by atoms with Crippen molar-refractivity contribution in [2.45, 2.75) is 32.2 Å². The number of esters is 1. The van der Waals surface area contributed by atoms with Gasteiger partial charge in [0.25, 0.3) is 10.1 Å². The lowest BCUT2D eigenvalue weighted by molar-refractivity contribution is -0.146. The lowest BCUT2D eigenvalue weighted by atomic mass is 9.95. The van der Waals surface area contributed by atoms with Crippen LogP contribution in [0.2, 0.25) is 0 Å². The molecule has 7 nitrogen and oxygen atoms in total. The molecule has 1 unspecified atom stereocenters. The highest BCUT2D eigenvalue weighted by atomic mass is 32.2. The van der Waals surface area contributed by atoms with Gasteiger partial charge in [0.15, 0.2) is 0 Å². The number of amides is 1. The number of carbonyl (C=O) groups is 2. The first-order valence-corrected chi connectivity index (χ1v) is 8.86. The van der Waals surface area contributed by atoms with E-state index in [4.69, 9.17) is 9.29 Å². The zero-order valence-corrected chi connectivity index (χ0v) is 13.9. The third-order valence-corrected chi connectivity index (χ3v) is 3.95. The molecule has 1 amide bonds. The summed E-state index contributed by atoms with van der Waals surface area (Å²) in [4.78, 5) is 24.2. The number of nitrogens with one attached hydrogen (secondary N) is 1. The number of hydrogen-bond acceptors (Lipinski definition) is 5. The van der Waals surface area contributed by atoms with E-state index in [0.717, 1.165) is 5.56 Å². The van der Waals surface area contributed by atoms with E-state index < -0.39 is 39.7 Å². The van der Waals surface area contributed by atoms with Gasteiger partial charge in [0, 0.05) is 0 Å². The maximum atomic E-state index is 12.4. The molecular formula is C15H21NO6S. The average molecular weight is 343 g/mol. The van der Waals surface area contributed by atoms with Gasteiger partial charge in [0.05, 0.1) is 12.5 Å². The molecule has 1 rings (SSSR count). The predicted octanol–water partition coefficient (Wildman–Crippen LogP) is 1.12. The summed E-state index contributed by atoms with van der Waals surface area (Å²) >= 11 is 0. The number of ether oxygens (including phenoxy) is 1. The van der Waals surface area contributed by atoms with Gasteiger partial charge in [-0.05, 0) is 18.9 Å². The van der Waals surface area contributed by atoms with E-state index >= 15 is 0 Å². The van der Waals surface area contributed by atoms with Gasteiger partial charge >= 0.3 is 5.97 Å². The molecule has 128 valence electrons. The molecule has 0 heterocycles. The van der Waals surface area contributed by atoms with Gasteiger partial charge in [-0.3, -0.25) is 9.35 Å². The summed E-state index contributed by atoms with van der Waals surface area (Å²) < 4.78 is 35.8. The summed E-state index contributed by atoms with van der Waals surface area (Å²) in [6.07, 6.45) is 0.470. The van der Waals surface area contributed by atoms with Crippen molar-refractivity contribution in [3.63, 3.8) is 0 Å². The summed E-state index contributed by atoms with van der Waals surface area (Å²) in [6.45, 7) is 3.40. The standard InChI is InChI=1S/C15H21NO6S/c1-3-12(11-8-6-5-7-9-11)14(17)16-13(10-23(19,20)21)15(18)22-4-2/h5-9,12-13H,3-4,10H2,1-2H3,(H,16,17)(H,19,20,21)/t12?,13-/m0/s1. The highest BCUT2D eigenvalue weighted by molar-refractivity contribution is 7.85. The van der Waals surface area contributed by atoms with Crippen molar-refractivity contribution >= 4 is 22.0 Å². The van der Waals surface area contributed by atoms with Gasteiger partial charge in [0.1, 0.15) is 11.8 Å². The molecule has 1 aromatic carbocycles. The van der Waals surface area contributed by atoms with Crippen LogP contribution in [-0.2, 0) is 24.4 Å². The minimum Gasteiger partial charge on any atom is -0.464 e. The van der Waals surface area contributed by atoms with Gasteiger partial charge in [-0.1, -0.05) is 37.3 Å². The first kappa shape index (κ1) is 19.1. The summed E-state index contributed by atoms with van der Waals surface area (Å²) in [5, 5.41) is 2.35. The van der Waals surface area contributed by atoms with Crippen molar-refractivity contribution in [2.75, 3.05) is 12.4 Å². The molecule has 0 saturated heterocycles. The summed E-state index contributed by atoms with van der Waals surface area (Å²) in [5.41, 5.74) is 0.752. The molecule has 2 N–H and O–H groups in total. The molecule has 0 aliphatic rings. The van der Waals surface area contributed by atoms with Crippen molar-refractivity contribution in [3.8, 4) is 0 Å². The fourth-order valence-electron chi connectivity index (χ4n) is 2.15. The van der Waals surface area contributed by atoms with E-state index in [9.17, 15) is 18.0 Å². The molecule has 0 aliphatic heterocycles. The molecule has 0 spiro atoms. The minimum absolute atomic E-state index is 0.0343. The lowest BCUT2D eigenvalue weighted by Gasteiger charge is -2.20. The number of benzene rings is 1. The Kier molecular flexibility index (Phi) is 7.18. The Morgan fingerprint density at radius 1 is 1.22 bits per heavy atom. The van der Waals surface area contributed by atoms with E-state index in [1.54, 1.807) is 38.1 Å². The summed E-state index contributed by atoms with van der Waals surface area (Å²) in [6, 6.07) is 7.48. The fraction of sp³-hybridized carbons (Fsp3) is 0.467. The highest BCUT2D eigenvalue weighted by Gasteiger charge is 2.30. The molecule has 0 aromatic heterocycles. The van der Waals surface area contributed by atoms with Crippen molar-refractivity contribution < 1.29 is 27.3 Å². The largest absolute Gasteiger partial charge is 0.464 e. The Balaban J connectivity index is 2.92. The Morgan fingerprint density at radius 2 is 1.83 bits per heavy atom. The zero-order valence-electron chi connectivity index (χ0n) is 13.1. The zero-order chi connectivity index (χ0) is 17.5. The molecular weight excluding hydrogens is 322 g/mol. The Labute approximate surface area is 135 Å². The van der Waals surface area contributed by atoms with Crippen LogP contribution < -0.4 is 5.32 Å². The maximum Gasteiger partial charge on any atom is 0.329 e. The van der Waals surface area contributed by atoms with Crippen LogP contribution in [0.5, 0.6) is 0 Å². The van der Waals surface area contributed by atoms with Crippen LogP contribution in [0.3, 0.4) is 0 Å². The number of hydrogen-bond donors (Lipinski definition) is 2. The van der Waals surface area contributed by atoms with Crippen molar-refractivity contribution in [3.05, 3.63) is 35.9 Å². The number of rotatable bonds is 8. The molecule has 0 aliphatic carbocycles. The first-order chi connectivity index (χ1) is 10.8. The van der Waals surface area contributed by atoms with Crippen molar-refractivity contribution in [1.82, 2.24) is 5.32 Å². The van der Waals surface area contributed by atoms with E-state index in [-0.39, 0.29) is 6.61 Å². The molecule has 0 saturated carbocycles. The average Bonchev–Trinajstić information content (AvgIpc) is 2.47. The molecule has 23 heavy (non-hydrogen) atoms. The normalized spacial score (nSPS) is 13.9. The maximum absolute atomic E-state index is 12.4. The molecule has 0 bridgehead atoms. The first-order valence-electron chi connectivity index (χ1n) is 7.25. The van der Waals surface area contributed by atoms with Gasteiger partial charge in [-0.2, -0.15) is 8.42 Å². The van der Waals surface area contributed by atoms with E-state index in [1.165, 1.54) is 0 Å². The third kappa shape index (κ3) is 6.37.